The van der Waals surface area contributed by atoms with Gasteiger partial charge in [-0.1, -0.05) is 24.3 Å². The fourth-order valence-corrected chi connectivity index (χ4v) is 2.16. The maximum atomic E-state index is 11.9. The molecule has 2 aromatic carbocycles. The first kappa shape index (κ1) is 14.1. The Morgan fingerprint density at radius 1 is 1.00 bits per heavy atom. The van der Waals surface area contributed by atoms with Gasteiger partial charge in [0.25, 0.3) is 0 Å². The van der Waals surface area contributed by atoms with Crippen molar-refractivity contribution in [3.05, 3.63) is 70.4 Å². The highest BCUT2D eigenvalue weighted by Crippen LogP contribution is 2.14. The summed E-state index contributed by atoms with van der Waals surface area (Å²) in [6, 6.07) is 15.2. The van der Waals surface area contributed by atoms with Crippen LogP contribution in [0.5, 0.6) is 0 Å². The number of benzene rings is 2. The molecule has 4 heteroatoms. The van der Waals surface area contributed by atoms with E-state index in [2.05, 4.69) is 4.98 Å². The van der Waals surface area contributed by atoms with E-state index in [1.807, 2.05) is 55.4 Å². The highest BCUT2D eigenvalue weighted by atomic mass is 16.4. The lowest BCUT2D eigenvalue weighted by atomic mass is 10.2. The Morgan fingerprint density at radius 2 is 1.73 bits per heavy atom. The molecule has 1 aromatic heterocycles. The minimum Gasteiger partial charge on any atom is -0.404 e. The van der Waals surface area contributed by atoms with Gasteiger partial charge < -0.3 is 9.32 Å². The van der Waals surface area contributed by atoms with Crippen LogP contribution in [0.15, 0.2) is 57.7 Å². The van der Waals surface area contributed by atoms with Gasteiger partial charge in [-0.3, -0.25) is 0 Å². The summed E-state index contributed by atoms with van der Waals surface area (Å²) < 4.78 is 5.21. The van der Waals surface area contributed by atoms with E-state index in [0.29, 0.717) is 16.8 Å². The summed E-state index contributed by atoms with van der Waals surface area (Å²) in [5.41, 5.74) is 2.42. The molecular weight excluding hydrogens is 276 g/mol. The van der Waals surface area contributed by atoms with E-state index < -0.39 is 0 Å². The standard InChI is InChI=1S/C18H16N2O2/c1-20(2)14-10-7-13(8-11-14)9-12-17-19-16-6-4-3-5-15(16)18(21)22-17/h3-12H,1-2H3/b12-9+. The molecule has 0 aliphatic carbocycles. The average molecular weight is 292 g/mol. The van der Waals surface area contributed by atoms with Crippen LogP contribution >= 0.6 is 0 Å². The van der Waals surface area contributed by atoms with E-state index in [0.717, 1.165) is 11.3 Å². The van der Waals surface area contributed by atoms with Gasteiger partial charge >= 0.3 is 5.63 Å². The molecule has 0 saturated heterocycles. The molecule has 3 aromatic rings. The molecule has 0 spiro atoms. The van der Waals surface area contributed by atoms with E-state index in [9.17, 15) is 4.79 Å². The zero-order chi connectivity index (χ0) is 15.5. The Bertz CT molecular complexity index is 877. The van der Waals surface area contributed by atoms with E-state index in [1.165, 1.54) is 0 Å². The van der Waals surface area contributed by atoms with Gasteiger partial charge in [0, 0.05) is 25.9 Å². The van der Waals surface area contributed by atoms with Crippen LogP contribution in [0.2, 0.25) is 0 Å². The van der Waals surface area contributed by atoms with Gasteiger partial charge in [0.2, 0.25) is 5.89 Å². The number of hydrogen-bond donors (Lipinski definition) is 0. The maximum absolute atomic E-state index is 11.9. The molecule has 3 rings (SSSR count). The van der Waals surface area contributed by atoms with Crippen LogP contribution in [0.25, 0.3) is 23.1 Å². The normalized spacial score (nSPS) is 11.2. The highest BCUT2D eigenvalue weighted by Gasteiger charge is 2.03. The smallest absolute Gasteiger partial charge is 0.347 e. The second-order valence-corrected chi connectivity index (χ2v) is 5.18. The molecule has 0 atom stereocenters. The first-order chi connectivity index (χ1) is 10.6. The Balaban J connectivity index is 1.90. The van der Waals surface area contributed by atoms with E-state index in [4.69, 9.17) is 4.42 Å². The number of anilines is 1. The zero-order valence-electron chi connectivity index (χ0n) is 12.5. The average Bonchev–Trinajstić information content (AvgIpc) is 2.53. The number of fused-ring (bicyclic) bond motifs is 1. The van der Waals surface area contributed by atoms with Crippen molar-refractivity contribution in [1.29, 1.82) is 0 Å². The number of aromatic nitrogens is 1. The molecule has 0 amide bonds. The lowest BCUT2D eigenvalue weighted by Gasteiger charge is -2.11. The van der Waals surface area contributed by atoms with Crippen molar-refractivity contribution in [2.45, 2.75) is 0 Å². The Morgan fingerprint density at radius 3 is 2.45 bits per heavy atom. The molecule has 1 heterocycles. The number of hydrogen-bond acceptors (Lipinski definition) is 4. The van der Waals surface area contributed by atoms with Crippen molar-refractivity contribution in [3.63, 3.8) is 0 Å². The third kappa shape index (κ3) is 2.91. The molecule has 0 N–H and O–H groups in total. The summed E-state index contributed by atoms with van der Waals surface area (Å²) in [4.78, 5) is 18.3. The fourth-order valence-electron chi connectivity index (χ4n) is 2.16. The van der Waals surface area contributed by atoms with Crippen LogP contribution in [0, 0.1) is 0 Å². The van der Waals surface area contributed by atoms with Crippen LogP contribution in [-0.2, 0) is 0 Å². The van der Waals surface area contributed by atoms with Crippen molar-refractivity contribution in [2.75, 3.05) is 19.0 Å². The van der Waals surface area contributed by atoms with Crippen molar-refractivity contribution < 1.29 is 4.42 Å². The molecule has 0 radical (unpaired) electrons. The second-order valence-electron chi connectivity index (χ2n) is 5.18. The van der Waals surface area contributed by atoms with Crippen molar-refractivity contribution >= 4 is 28.7 Å². The van der Waals surface area contributed by atoms with Crippen LogP contribution in [0.1, 0.15) is 11.5 Å². The van der Waals surface area contributed by atoms with Crippen molar-refractivity contribution in [3.8, 4) is 0 Å². The largest absolute Gasteiger partial charge is 0.404 e. The van der Waals surface area contributed by atoms with E-state index in [-0.39, 0.29) is 5.63 Å². The van der Waals surface area contributed by atoms with Crippen LogP contribution in [-0.4, -0.2) is 19.1 Å². The number of para-hydroxylation sites is 1. The van der Waals surface area contributed by atoms with Gasteiger partial charge in [0.15, 0.2) is 0 Å². The molecule has 0 fully saturated rings. The van der Waals surface area contributed by atoms with Crippen LogP contribution < -0.4 is 10.5 Å². The lowest BCUT2D eigenvalue weighted by molar-refractivity contribution is 0.491. The molecule has 0 saturated carbocycles. The van der Waals surface area contributed by atoms with Gasteiger partial charge in [-0.15, -0.1) is 0 Å². The first-order valence-corrected chi connectivity index (χ1v) is 6.99. The number of rotatable bonds is 3. The number of nitrogens with zero attached hydrogens (tertiary/aromatic N) is 2. The first-order valence-electron chi connectivity index (χ1n) is 6.99. The van der Waals surface area contributed by atoms with Gasteiger partial charge in [-0.05, 0) is 35.9 Å². The monoisotopic (exact) mass is 292 g/mol. The van der Waals surface area contributed by atoms with E-state index >= 15 is 0 Å². The van der Waals surface area contributed by atoms with E-state index in [1.54, 1.807) is 24.3 Å². The van der Waals surface area contributed by atoms with Gasteiger partial charge in [-0.25, -0.2) is 9.78 Å². The third-order valence-corrected chi connectivity index (χ3v) is 3.38. The summed E-state index contributed by atoms with van der Waals surface area (Å²) in [6.07, 6.45) is 3.58. The summed E-state index contributed by atoms with van der Waals surface area (Å²) in [6.45, 7) is 0. The summed E-state index contributed by atoms with van der Waals surface area (Å²) >= 11 is 0. The molecule has 0 unspecified atom stereocenters. The molecule has 0 aliphatic heterocycles. The molecule has 4 nitrogen and oxygen atoms in total. The molecule has 22 heavy (non-hydrogen) atoms. The maximum Gasteiger partial charge on any atom is 0.347 e. The lowest BCUT2D eigenvalue weighted by Crippen LogP contribution is -2.07. The third-order valence-electron chi connectivity index (χ3n) is 3.38. The molecule has 0 aliphatic rings. The Labute approximate surface area is 128 Å². The van der Waals surface area contributed by atoms with Crippen molar-refractivity contribution in [1.82, 2.24) is 4.98 Å². The Kier molecular flexibility index (Phi) is 3.74. The Hall–Kier alpha value is -2.88. The summed E-state index contributed by atoms with van der Waals surface area (Å²) in [5, 5.41) is 0.495. The molecule has 0 bridgehead atoms. The second kappa shape index (κ2) is 5.85. The molecule has 110 valence electrons. The minimum atomic E-state index is -0.367. The van der Waals surface area contributed by atoms with Crippen LogP contribution in [0.3, 0.4) is 0 Å². The predicted molar refractivity (Wildman–Crippen MR) is 90.0 cm³/mol. The highest BCUT2D eigenvalue weighted by molar-refractivity contribution is 5.78. The van der Waals surface area contributed by atoms with Gasteiger partial charge in [-0.2, -0.15) is 0 Å². The fraction of sp³-hybridized carbons (Fsp3) is 0.111. The minimum absolute atomic E-state index is 0.306. The van der Waals surface area contributed by atoms with Gasteiger partial charge in [0.05, 0.1) is 10.9 Å². The SMILES string of the molecule is CN(C)c1ccc(/C=C/c2nc3ccccc3c(=O)o2)cc1. The predicted octanol–water partition coefficient (Wildman–Crippen LogP) is 3.42. The summed E-state index contributed by atoms with van der Waals surface area (Å²) in [5.74, 6) is 0.306. The summed E-state index contributed by atoms with van der Waals surface area (Å²) in [7, 11) is 4.00. The zero-order valence-corrected chi connectivity index (χ0v) is 12.5. The molecular formula is C18H16N2O2. The van der Waals surface area contributed by atoms with Gasteiger partial charge in [0.1, 0.15) is 0 Å². The quantitative estimate of drug-likeness (QED) is 0.742. The van der Waals surface area contributed by atoms with Crippen LogP contribution in [0.4, 0.5) is 5.69 Å². The van der Waals surface area contributed by atoms with Crippen molar-refractivity contribution in [2.24, 2.45) is 0 Å². The topological polar surface area (TPSA) is 46.3 Å².